The van der Waals surface area contributed by atoms with Gasteiger partial charge in [0.15, 0.2) is 0 Å². The summed E-state index contributed by atoms with van der Waals surface area (Å²) in [5, 5.41) is 0. The van der Waals surface area contributed by atoms with Crippen LogP contribution in [0.3, 0.4) is 0 Å². The number of rotatable bonds is 3. The fourth-order valence-corrected chi connectivity index (χ4v) is 6.16. The highest BCUT2D eigenvalue weighted by molar-refractivity contribution is 9.24. The molecular formula is C19H20Br4. The molecule has 0 amide bonds. The second-order valence-electron chi connectivity index (χ2n) is 6.12. The molecule has 0 aliphatic heterocycles. The van der Waals surface area contributed by atoms with Crippen LogP contribution in [-0.4, -0.2) is 0 Å². The summed E-state index contributed by atoms with van der Waals surface area (Å²) in [5.41, 5.74) is 10.7. The van der Waals surface area contributed by atoms with Gasteiger partial charge in [-0.2, -0.15) is 0 Å². The molecule has 0 bridgehead atoms. The zero-order valence-corrected chi connectivity index (χ0v) is 20.3. The van der Waals surface area contributed by atoms with Crippen molar-refractivity contribution in [3.63, 3.8) is 0 Å². The summed E-state index contributed by atoms with van der Waals surface area (Å²) in [6.07, 6.45) is 0.935. The van der Waals surface area contributed by atoms with Gasteiger partial charge in [0.05, 0.1) is 3.74 Å². The van der Waals surface area contributed by atoms with E-state index in [1.165, 1.54) is 49.0 Å². The van der Waals surface area contributed by atoms with Crippen molar-refractivity contribution in [2.45, 2.75) is 44.8 Å². The highest BCUT2D eigenvalue weighted by Gasteiger charge is 2.21. The summed E-state index contributed by atoms with van der Waals surface area (Å²) in [4.78, 5) is 0. The molecule has 0 aliphatic rings. The van der Waals surface area contributed by atoms with Gasteiger partial charge in [-0.05, 0) is 80.0 Å². The topological polar surface area (TPSA) is 0 Å². The molecular weight excluding hydrogens is 548 g/mol. The Morgan fingerprint density at radius 3 is 1.78 bits per heavy atom. The zero-order chi connectivity index (χ0) is 17.5. The average Bonchev–Trinajstić information content (AvgIpc) is 2.45. The van der Waals surface area contributed by atoms with E-state index in [0.717, 1.165) is 10.9 Å². The first-order chi connectivity index (χ1) is 10.6. The third-order valence-electron chi connectivity index (χ3n) is 4.41. The highest BCUT2D eigenvalue weighted by Crippen LogP contribution is 2.44. The first-order valence-electron chi connectivity index (χ1n) is 7.46. The van der Waals surface area contributed by atoms with Gasteiger partial charge in [-0.15, -0.1) is 0 Å². The van der Waals surface area contributed by atoms with E-state index >= 15 is 0 Å². The maximum absolute atomic E-state index is 3.79. The number of hydrogen-bond donors (Lipinski definition) is 0. The number of alkyl halides is 2. The molecule has 2 aromatic carbocycles. The van der Waals surface area contributed by atoms with Gasteiger partial charge in [0.25, 0.3) is 0 Å². The van der Waals surface area contributed by atoms with Crippen molar-refractivity contribution in [2.24, 2.45) is 0 Å². The van der Waals surface area contributed by atoms with Crippen molar-refractivity contribution < 1.29 is 0 Å². The molecule has 0 saturated heterocycles. The fraction of sp³-hybridized carbons (Fsp3) is 0.368. The first-order valence-corrected chi connectivity index (χ1v) is 10.9. The lowest BCUT2D eigenvalue weighted by atomic mass is 9.89. The Labute approximate surface area is 173 Å². The lowest BCUT2D eigenvalue weighted by molar-refractivity contribution is 1.05. The van der Waals surface area contributed by atoms with E-state index in [0.29, 0.717) is 0 Å². The summed E-state index contributed by atoms with van der Waals surface area (Å²) in [5.74, 6) is 0. The molecule has 0 saturated carbocycles. The average molecular weight is 568 g/mol. The highest BCUT2D eigenvalue weighted by atomic mass is 79.9. The van der Waals surface area contributed by atoms with Gasteiger partial charge in [0, 0.05) is 8.95 Å². The second kappa shape index (κ2) is 7.72. The van der Waals surface area contributed by atoms with E-state index in [2.05, 4.69) is 110 Å². The van der Waals surface area contributed by atoms with Gasteiger partial charge in [0.2, 0.25) is 0 Å². The Hall–Kier alpha value is 0.360. The predicted octanol–water partition coefficient (Wildman–Crippen LogP) is 8.13. The molecule has 0 nitrogen and oxygen atoms in total. The molecule has 0 aromatic heterocycles. The van der Waals surface area contributed by atoms with Crippen molar-refractivity contribution in [3.05, 3.63) is 65.6 Å². The lowest BCUT2D eigenvalue weighted by Crippen LogP contribution is -2.05. The molecule has 2 rings (SSSR count). The zero-order valence-electron chi connectivity index (χ0n) is 14.0. The molecule has 0 unspecified atom stereocenters. The minimum atomic E-state index is 0.121. The Balaban J connectivity index is 2.70. The smallest absolute Gasteiger partial charge is 0.0711 e. The monoisotopic (exact) mass is 564 g/mol. The molecule has 0 heterocycles. The maximum atomic E-state index is 3.79. The van der Waals surface area contributed by atoms with E-state index in [-0.39, 0.29) is 3.74 Å². The SMILES string of the molecule is Cc1cc(C)c(Cc2c(C)c(Br)c(C)c(Br)c2C(Br)Br)c(C)c1. The third-order valence-corrected chi connectivity index (χ3v) is 7.54. The normalized spacial score (nSPS) is 11.4. The molecule has 124 valence electrons. The van der Waals surface area contributed by atoms with Crippen LogP contribution in [-0.2, 0) is 6.42 Å². The molecule has 0 N–H and O–H groups in total. The van der Waals surface area contributed by atoms with Crippen LogP contribution in [0.15, 0.2) is 21.1 Å². The van der Waals surface area contributed by atoms with E-state index in [4.69, 9.17) is 0 Å². The van der Waals surface area contributed by atoms with Gasteiger partial charge >= 0.3 is 0 Å². The molecule has 0 spiro atoms. The van der Waals surface area contributed by atoms with Gasteiger partial charge in [0.1, 0.15) is 0 Å². The third kappa shape index (κ3) is 3.96. The Morgan fingerprint density at radius 1 is 0.783 bits per heavy atom. The molecule has 0 radical (unpaired) electrons. The van der Waals surface area contributed by atoms with Gasteiger partial charge in [-0.3, -0.25) is 0 Å². The largest absolute Gasteiger partial charge is 0.0960 e. The predicted molar refractivity (Wildman–Crippen MR) is 115 cm³/mol. The number of aryl methyl sites for hydroxylation is 3. The maximum Gasteiger partial charge on any atom is 0.0960 e. The van der Waals surface area contributed by atoms with Crippen LogP contribution in [0.2, 0.25) is 0 Å². The summed E-state index contributed by atoms with van der Waals surface area (Å²) in [7, 11) is 0. The summed E-state index contributed by atoms with van der Waals surface area (Å²) in [6, 6.07) is 4.55. The number of halogens is 4. The van der Waals surface area contributed by atoms with Crippen LogP contribution in [0.5, 0.6) is 0 Å². The van der Waals surface area contributed by atoms with Crippen LogP contribution < -0.4 is 0 Å². The van der Waals surface area contributed by atoms with E-state index in [1.54, 1.807) is 0 Å². The quantitative estimate of drug-likeness (QED) is 0.329. The van der Waals surface area contributed by atoms with Gasteiger partial charge < -0.3 is 0 Å². The minimum Gasteiger partial charge on any atom is -0.0711 e. The van der Waals surface area contributed by atoms with Crippen molar-refractivity contribution in [3.8, 4) is 0 Å². The fourth-order valence-electron chi connectivity index (χ4n) is 3.17. The lowest BCUT2D eigenvalue weighted by Gasteiger charge is -2.22. The minimum absolute atomic E-state index is 0.121. The van der Waals surface area contributed by atoms with E-state index < -0.39 is 0 Å². The number of benzene rings is 2. The summed E-state index contributed by atoms with van der Waals surface area (Å²) in [6.45, 7) is 10.9. The van der Waals surface area contributed by atoms with Crippen LogP contribution in [0, 0.1) is 34.6 Å². The van der Waals surface area contributed by atoms with Crippen LogP contribution in [0.4, 0.5) is 0 Å². The van der Waals surface area contributed by atoms with Crippen molar-refractivity contribution in [2.75, 3.05) is 0 Å². The molecule has 23 heavy (non-hydrogen) atoms. The molecule has 0 aliphatic carbocycles. The van der Waals surface area contributed by atoms with Crippen LogP contribution in [0.25, 0.3) is 0 Å². The summed E-state index contributed by atoms with van der Waals surface area (Å²) >= 11 is 15.0. The van der Waals surface area contributed by atoms with Crippen molar-refractivity contribution in [1.29, 1.82) is 0 Å². The molecule has 0 fully saturated rings. The summed E-state index contributed by atoms with van der Waals surface area (Å²) < 4.78 is 2.47. The van der Waals surface area contributed by atoms with Gasteiger partial charge in [-0.25, -0.2) is 0 Å². The Kier molecular flexibility index (Phi) is 6.60. The Morgan fingerprint density at radius 2 is 1.30 bits per heavy atom. The molecule has 4 heteroatoms. The van der Waals surface area contributed by atoms with Gasteiger partial charge in [-0.1, -0.05) is 81.4 Å². The van der Waals surface area contributed by atoms with E-state index in [1.807, 2.05) is 0 Å². The van der Waals surface area contributed by atoms with Crippen molar-refractivity contribution >= 4 is 63.7 Å². The van der Waals surface area contributed by atoms with Crippen molar-refractivity contribution in [1.82, 2.24) is 0 Å². The number of hydrogen-bond acceptors (Lipinski definition) is 0. The second-order valence-corrected chi connectivity index (χ2v) is 10.8. The molecule has 0 atom stereocenters. The van der Waals surface area contributed by atoms with Crippen LogP contribution in [0.1, 0.15) is 48.2 Å². The standard InChI is InChI=1S/C19H20Br4/c1-9-6-10(2)14(11(3)7-9)8-15-12(4)17(20)13(5)18(21)16(15)19(22)23/h6-7,19H,8H2,1-5H3. The first kappa shape index (κ1) is 19.7. The Bertz CT molecular complexity index is 738. The van der Waals surface area contributed by atoms with E-state index in [9.17, 15) is 0 Å². The van der Waals surface area contributed by atoms with Crippen LogP contribution >= 0.6 is 63.7 Å². The molecule has 2 aromatic rings.